The zero-order chi connectivity index (χ0) is 16.7. The van der Waals surface area contributed by atoms with Crippen LogP contribution in [0.2, 0.25) is 0 Å². The van der Waals surface area contributed by atoms with E-state index in [0.717, 1.165) is 17.8 Å². The highest BCUT2D eigenvalue weighted by molar-refractivity contribution is 7.15. The molecule has 0 radical (unpaired) electrons. The highest BCUT2D eigenvalue weighted by Crippen LogP contribution is 2.18. The number of nitrogens with one attached hydrogen (secondary N) is 1. The van der Waals surface area contributed by atoms with E-state index in [1.54, 1.807) is 0 Å². The average Bonchev–Trinajstić information content (AvgIpc) is 2.93. The predicted octanol–water partition coefficient (Wildman–Crippen LogP) is 2.83. The van der Waals surface area contributed by atoms with Gasteiger partial charge in [0.15, 0.2) is 0 Å². The second-order valence-corrected chi connectivity index (χ2v) is 6.34. The maximum atomic E-state index is 11.6. The summed E-state index contributed by atoms with van der Waals surface area (Å²) in [6, 6.07) is 8.36. The van der Waals surface area contributed by atoms with Crippen LogP contribution < -0.4 is 5.32 Å². The Bertz CT molecular complexity index is 667. The fourth-order valence-corrected chi connectivity index (χ4v) is 2.75. The Morgan fingerprint density at radius 1 is 1.13 bits per heavy atom. The minimum atomic E-state index is -0.896. The number of hydrogen-bond donors (Lipinski definition) is 2. The van der Waals surface area contributed by atoms with E-state index < -0.39 is 5.97 Å². The van der Waals surface area contributed by atoms with Crippen molar-refractivity contribution in [2.45, 2.75) is 39.0 Å². The van der Waals surface area contributed by atoms with Gasteiger partial charge in [0, 0.05) is 19.3 Å². The SMILES string of the molecule is Cc1ccc(CCc2nnc(NC(=O)CCCC(=O)O)s2)cc1. The van der Waals surface area contributed by atoms with Crippen molar-refractivity contribution < 1.29 is 14.7 Å². The molecule has 0 saturated heterocycles. The van der Waals surface area contributed by atoms with Crippen molar-refractivity contribution in [2.24, 2.45) is 0 Å². The zero-order valence-electron chi connectivity index (χ0n) is 12.9. The average molecular weight is 333 g/mol. The quantitative estimate of drug-likeness (QED) is 0.775. The molecule has 2 rings (SSSR count). The number of aromatic nitrogens is 2. The van der Waals surface area contributed by atoms with E-state index in [4.69, 9.17) is 5.11 Å². The molecule has 0 fully saturated rings. The molecule has 0 aliphatic heterocycles. The van der Waals surface area contributed by atoms with Crippen molar-refractivity contribution in [3.8, 4) is 0 Å². The summed E-state index contributed by atoms with van der Waals surface area (Å²) in [4.78, 5) is 22.0. The number of hydrogen-bond acceptors (Lipinski definition) is 5. The number of nitrogens with zero attached hydrogens (tertiary/aromatic N) is 2. The van der Waals surface area contributed by atoms with E-state index in [1.165, 1.54) is 22.5 Å². The number of carbonyl (C=O) groups is 2. The van der Waals surface area contributed by atoms with Gasteiger partial charge in [0.25, 0.3) is 0 Å². The van der Waals surface area contributed by atoms with Crippen LogP contribution in [0.1, 0.15) is 35.4 Å². The van der Waals surface area contributed by atoms with Gasteiger partial charge < -0.3 is 10.4 Å². The number of amides is 1. The summed E-state index contributed by atoms with van der Waals surface area (Å²) in [6.07, 6.45) is 2.13. The van der Waals surface area contributed by atoms with Crippen LogP contribution in [0.15, 0.2) is 24.3 Å². The van der Waals surface area contributed by atoms with Gasteiger partial charge in [-0.25, -0.2) is 0 Å². The highest BCUT2D eigenvalue weighted by atomic mass is 32.1. The molecule has 6 nitrogen and oxygen atoms in total. The monoisotopic (exact) mass is 333 g/mol. The lowest BCUT2D eigenvalue weighted by atomic mass is 10.1. The third kappa shape index (κ3) is 6.15. The van der Waals surface area contributed by atoms with Crippen LogP contribution in [0.25, 0.3) is 0 Å². The van der Waals surface area contributed by atoms with Crippen molar-refractivity contribution in [3.63, 3.8) is 0 Å². The number of carboxylic acid groups (broad SMARTS) is 1. The minimum Gasteiger partial charge on any atom is -0.481 e. The second kappa shape index (κ2) is 8.38. The summed E-state index contributed by atoms with van der Waals surface area (Å²) in [5, 5.41) is 20.5. The molecule has 23 heavy (non-hydrogen) atoms. The van der Waals surface area contributed by atoms with Crippen molar-refractivity contribution in [3.05, 3.63) is 40.4 Å². The fraction of sp³-hybridized carbons (Fsp3) is 0.375. The van der Waals surface area contributed by atoms with Crippen LogP contribution >= 0.6 is 11.3 Å². The summed E-state index contributed by atoms with van der Waals surface area (Å²) < 4.78 is 0. The van der Waals surface area contributed by atoms with Crippen LogP contribution in [0, 0.1) is 6.92 Å². The number of carbonyl (C=O) groups excluding carboxylic acids is 1. The van der Waals surface area contributed by atoms with E-state index in [1.807, 2.05) is 0 Å². The highest BCUT2D eigenvalue weighted by Gasteiger charge is 2.09. The van der Waals surface area contributed by atoms with Crippen molar-refractivity contribution in [1.29, 1.82) is 0 Å². The summed E-state index contributed by atoms with van der Waals surface area (Å²) >= 11 is 1.35. The molecule has 0 saturated carbocycles. The first-order valence-corrected chi connectivity index (χ1v) is 8.24. The predicted molar refractivity (Wildman–Crippen MR) is 88.6 cm³/mol. The van der Waals surface area contributed by atoms with E-state index in [2.05, 4.69) is 46.7 Å². The molecule has 0 unspecified atom stereocenters. The lowest BCUT2D eigenvalue weighted by Crippen LogP contribution is -2.11. The molecule has 0 bridgehead atoms. The molecule has 1 amide bonds. The van der Waals surface area contributed by atoms with Gasteiger partial charge in [0.1, 0.15) is 5.01 Å². The molecule has 1 aromatic heterocycles. The van der Waals surface area contributed by atoms with Gasteiger partial charge in [-0.3, -0.25) is 9.59 Å². The maximum Gasteiger partial charge on any atom is 0.303 e. The van der Waals surface area contributed by atoms with Crippen LogP contribution in [0.5, 0.6) is 0 Å². The molecule has 0 aliphatic carbocycles. The third-order valence-electron chi connectivity index (χ3n) is 3.26. The van der Waals surface area contributed by atoms with Gasteiger partial charge >= 0.3 is 5.97 Å². The topological polar surface area (TPSA) is 92.2 Å². The number of aliphatic carboxylic acids is 1. The molecule has 0 aliphatic rings. The van der Waals surface area contributed by atoms with Crippen LogP contribution in [0.4, 0.5) is 5.13 Å². The minimum absolute atomic E-state index is 0.00859. The molecule has 1 heterocycles. The second-order valence-electron chi connectivity index (χ2n) is 5.28. The van der Waals surface area contributed by atoms with Gasteiger partial charge in [-0.05, 0) is 25.3 Å². The van der Waals surface area contributed by atoms with Crippen molar-refractivity contribution in [1.82, 2.24) is 10.2 Å². The van der Waals surface area contributed by atoms with E-state index in [-0.39, 0.29) is 18.7 Å². The Morgan fingerprint density at radius 3 is 2.57 bits per heavy atom. The fourth-order valence-electron chi connectivity index (χ4n) is 1.99. The lowest BCUT2D eigenvalue weighted by Gasteiger charge is -2.00. The first kappa shape index (κ1) is 17.1. The Morgan fingerprint density at radius 2 is 1.87 bits per heavy atom. The van der Waals surface area contributed by atoms with Crippen LogP contribution in [-0.2, 0) is 22.4 Å². The largest absolute Gasteiger partial charge is 0.481 e. The summed E-state index contributed by atoms with van der Waals surface area (Å²) in [7, 11) is 0. The van der Waals surface area contributed by atoms with Crippen molar-refractivity contribution in [2.75, 3.05) is 5.32 Å². The molecule has 7 heteroatoms. The maximum absolute atomic E-state index is 11.6. The number of anilines is 1. The van der Waals surface area contributed by atoms with E-state index in [9.17, 15) is 9.59 Å². The Hall–Kier alpha value is -2.28. The van der Waals surface area contributed by atoms with Crippen LogP contribution in [0.3, 0.4) is 0 Å². The molecule has 122 valence electrons. The number of aryl methyl sites for hydroxylation is 3. The van der Waals surface area contributed by atoms with Gasteiger partial charge in [0.2, 0.25) is 11.0 Å². The summed E-state index contributed by atoms with van der Waals surface area (Å²) in [6.45, 7) is 2.06. The number of benzene rings is 1. The first-order valence-electron chi connectivity index (χ1n) is 7.42. The van der Waals surface area contributed by atoms with E-state index in [0.29, 0.717) is 11.6 Å². The summed E-state index contributed by atoms with van der Waals surface area (Å²) in [5.74, 6) is -1.13. The molecule has 2 aromatic rings. The summed E-state index contributed by atoms with van der Waals surface area (Å²) in [5.41, 5.74) is 2.47. The Balaban J connectivity index is 1.77. The molecule has 2 N–H and O–H groups in total. The Kier molecular flexibility index (Phi) is 6.22. The number of rotatable bonds is 8. The van der Waals surface area contributed by atoms with Gasteiger partial charge in [0.05, 0.1) is 0 Å². The molecular weight excluding hydrogens is 314 g/mol. The Labute approximate surface area is 138 Å². The van der Waals surface area contributed by atoms with Crippen molar-refractivity contribution >= 4 is 28.3 Å². The molecule has 1 aromatic carbocycles. The first-order chi connectivity index (χ1) is 11.0. The van der Waals surface area contributed by atoms with Gasteiger partial charge in [-0.1, -0.05) is 41.2 Å². The smallest absolute Gasteiger partial charge is 0.303 e. The zero-order valence-corrected chi connectivity index (χ0v) is 13.7. The van der Waals surface area contributed by atoms with E-state index >= 15 is 0 Å². The van der Waals surface area contributed by atoms with Gasteiger partial charge in [-0.15, -0.1) is 10.2 Å². The molecule has 0 spiro atoms. The molecular formula is C16H19N3O3S. The normalized spacial score (nSPS) is 10.5. The number of carboxylic acids is 1. The lowest BCUT2D eigenvalue weighted by molar-refractivity contribution is -0.137. The standard InChI is InChI=1S/C16H19N3O3S/c1-11-5-7-12(8-6-11)9-10-14-18-19-16(23-14)17-13(20)3-2-4-15(21)22/h5-8H,2-4,9-10H2,1H3,(H,21,22)(H,17,19,20). The third-order valence-corrected chi connectivity index (χ3v) is 4.15. The van der Waals surface area contributed by atoms with Crippen LogP contribution in [-0.4, -0.2) is 27.2 Å². The van der Waals surface area contributed by atoms with Gasteiger partial charge in [-0.2, -0.15) is 0 Å². The molecule has 0 atom stereocenters.